The van der Waals surface area contributed by atoms with Crippen LogP contribution in [0.25, 0.3) is 0 Å². The first kappa shape index (κ1) is 44.1. The Balaban J connectivity index is 0.000000561. The quantitative estimate of drug-likeness (QED) is 0.305. The van der Waals surface area contributed by atoms with E-state index in [4.69, 9.17) is 42.6 Å². The normalized spacial score (nSPS) is 29.0. The molecule has 0 aromatic rings. The minimum absolute atomic E-state index is 0. The topological polar surface area (TPSA) is 178 Å². The maximum Gasteiger partial charge on any atom is 0.338 e. The molecule has 5 unspecified atom stereocenters. The maximum atomic E-state index is 10.9. The standard InChI is InChI=1S/2C7H12O3.2C6H10O3.C5H8O3.CH4/c1-7(2)4-10-6(8)5(7)9-3;1-9-6-4-2-3-5-10-7(6)8;1-6(8-2)3-4-9-5(6)7;1-8-5-3-2-4-9-6(5)7;1-7-4-2-3-8-5(4)6;/h5H,4H2,1-3H3;6H,2-5H2,1H3;3-4H2,1-2H3;5H,2-4H2,1H3;4H,2-3H2,1H3;1H4. The summed E-state index contributed by atoms with van der Waals surface area (Å²) < 4.78 is 48.0. The molecule has 0 amide bonds. The van der Waals surface area contributed by atoms with E-state index in [0.29, 0.717) is 45.9 Å². The van der Waals surface area contributed by atoms with Gasteiger partial charge in [0.2, 0.25) is 0 Å². The van der Waals surface area contributed by atoms with Crippen molar-refractivity contribution in [3.8, 4) is 0 Å². The highest BCUT2D eigenvalue weighted by atomic mass is 16.6. The van der Waals surface area contributed by atoms with Crippen LogP contribution in [0.1, 0.15) is 73.1 Å². The van der Waals surface area contributed by atoms with E-state index >= 15 is 0 Å². The smallest absolute Gasteiger partial charge is 0.338 e. The molecule has 5 atom stereocenters. The van der Waals surface area contributed by atoms with E-state index < -0.39 is 5.60 Å². The van der Waals surface area contributed by atoms with Crippen LogP contribution < -0.4 is 0 Å². The Kier molecular flexibility index (Phi) is 21.3. The van der Waals surface area contributed by atoms with Gasteiger partial charge in [-0.25, -0.2) is 24.0 Å². The maximum absolute atomic E-state index is 10.9. The Morgan fingerprint density at radius 1 is 0.553 bits per heavy atom. The molecule has 15 nitrogen and oxygen atoms in total. The van der Waals surface area contributed by atoms with Crippen molar-refractivity contribution in [2.24, 2.45) is 5.41 Å². The second-order valence-electron chi connectivity index (χ2n) is 11.6. The monoisotopic (exact) mass is 680 g/mol. The summed E-state index contributed by atoms with van der Waals surface area (Å²) >= 11 is 0. The van der Waals surface area contributed by atoms with Crippen molar-refractivity contribution in [3.63, 3.8) is 0 Å². The molecule has 47 heavy (non-hydrogen) atoms. The highest BCUT2D eigenvalue weighted by Gasteiger charge is 2.43. The fourth-order valence-electron chi connectivity index (χ4n) is 4.51. The summed E-state index contributed by atoms with van der Waals surface area (Å²) in [5, 5.41) is 0. The van der Waals surface area contributed by atoms with Crippen LogP contribution in [0.2, 0.25) is 0 Å². The summed E-state index contributed by atoms with van der Waals surface area (Å²) in [4.78, 5) is 53.7. The molecule has 0 aliphatic carbocycles. The summed E-state index contributed by atoms with van der Waals surface area (Å²) in [6.45, 7) is 8.21. The summed E-state index contributed by atoms with van der Waals surface area (Å²) in [6.07, 6.45) is 4.58. The van der Waals surface area contributed by atoms with Crippen LogP contribution >= 0.6 is 0 Å². The number of hydrogen-bond donors (Lipinski definition) is 0. The number of ether oxygens (including phenoxy) is 10. The van der Waals surface area contributed by atoms with Gasteiger partial charge in [-0.3, -0.25) is 0 Å². The van der Waals surface area contributed by atoms with Crippen LogP contribution in [0.15, 0.2) is 0 Å². The third-order valence-electron chi connectivity index (χ3n) is 7.67. The lowest BCUT2D eigenvalue weighted by Crippen LogP contribution is -2.32. The SMILES string of the molecule is C.COC1(C)CCOC1=O.COC1C(=O)OCC1(C)C.COC1CCCCOC1=O.COC1CCCOC1=O.COC1CCOC1=O. The average molecular weight is 681 g/mol. The van der Waals surface area contributed by atoms with Gasteiger partial charge in [0.15, 0.2) is 30.0 Å². The van der Waals surface area contributed by atoms with Crippen molar-refractivity contribution < 1.29 is 71.3 Å². The van der Waals surface area contributed by atoms with Gasteiger partial charge in [0, 0.05) is 53.8 Å². The van der Waals surface area contributed by atoms with Gasteiger partial charge < -0.3 is 47.4 Å². The second kappa shape index (κ2) is 22.7. The summed E-state index contributed by atoms with van der Waals surface area (Å²) in [5.41, 5.74) is -0.828. The average Bonchev–Trinajstić information content (AvgIpc) is 3.64. The molecule has 0 radical (unpaired) electrons. The molecular formula is C32H56O15. The number of methoxy groups -OCH3 is 5. The number of carbonyl (C=O) groups is 5. The fourth-order valence-corrected chi connectivity index (χ4v) is 4.51. The third-order valence-corrected chi connectivity index (χ3v) is 7.67. The van der Waals surface area contributed by atoms with Gasteiger partial charge in [0.05, 0.1) is 33.0 Å². The molecule has 274 valence electrons. The van der Waals surface area contributed by atoms with Crippen LogP contribution in [0.4, 0.5) is 0 Å². The zero-order chi connectivity index (χ0) is 34.8. The molecular weight excluding hydrogens is 624 g/mol. The van der Waals surface area contributed by atoms with Crippen molar-refractivity contribution in [2.45, 2.75) is 103 Å². The summed E-state index contributed by atoms with van der Waals surface area (Å²) in [6, 6.07) is 0. The van der Waals surface area contributed by atoms with Gasteiger partial charge in [-0.1, -0.05) is 21.3 Å². The molecule has 0 spiro atoms. The minimum atomic E-state index is -0.667. The van der Waals surface area contributed by atoms with Crippen molar-refractivity contribution in [3.05, 3.63) is 0 Å². The van der Waals surface area contributed by atoms with Crippen LogP contribution in [-0.2, 0) is 71.3 Å². The molecule has 15 heteroatoms. The zero-order valence-electron chi connectivity index (χ0n) is 28.4. The van der Waals surface area contributed by atoms with E-state index in [1.165, 1.54) is 35.5 Å². The van der Waals surface area contributed by atoms with Gasteiger partial charge in [0.1, 0.15) is 0 Å². The van der Waals surface area contributed by atoms with Gasteiger partial charge in [-0.15, -0.1) is 0 Å². The first-order valence-electron chi connectivity index (χ1n) is 15.3. The summed E-state index contributed by atoms with van der Waals surface area (Å²) in [7, 11) is 7.62. The summed E-state index contributed by atoms with van der Waals surface area (Å²) in [5.74, 6) is -1.14. The van der Waals surface area contributed by atoms with E-state index in [1.807, 2.05) is 13.8 Å². The second-order valence-corrected chi connectivity index (χ2v) is 11.6. The van der Waals surface area contributed by atoms with Crippen molar-refractivity contribution in [1.82, 2.24) is 0 Å². The Morgan fingerprint density at radius 3 is 1.38 bits per heavy atom. The van der Waals surface area contributed by atoms with E-state index in [0.717, 1.165) is 32.1 Å². The van der Waals surface area contributed by atoms with E-state index in [1.54, 1.807) is 6.92 Å². The number of carbonyl (C=O) groups excluding carboxylic acids is 5. The van der Waals surface area contributed by atoms with Crippen molar-refractivity contribution in [1.29, 1.82) is 0 Å². The highest BCUT2D eigenvalue weighted by molar-refractivity contribution is 5.80. The number of cyclic esters (lactones) is 5. The van der Waals surface area contributed by atoms with Crippen LogP contribution in [0.5, 0.6) is 0 Å². The first-order chi connectivity index (χ1) is 21.8. The van der Waals surface area contributed by atoms with Crippen LogP contribution in [0, 0.1) is 5.41 Å². The van der Waals surface area contributed by atoms with Gasteiger partial charge >= 0.3 is 29.8 Å². The Bertz CT molecular complexity index is 962. The lowest BCUT2D eigenvalue weighted by Gasteiger charge is -2.19. The fraction of sp³-hybridized carbons (Fsp3) is 0.844. The molecule has 0 aromatic heterocycles. The number of esters is 5. The Hall–Kier alpha value is -2.85. The number of hydrogen-bond acceptors (Lipinski definition) is 15. The highest BCUT2D eigenvalue weighted by Crippen LogP contribution is 2.30. The van der Waals surface area contributed by atoms with Crippen LogP contribution in [0.3, 0.4) is 0 Å². The van der Waals surface area contributed by atoms with E-state index in [9.17, 15) is 24.0 Å². The van der Waals surface area contributed by atoms with Crippen molar-refractivity contribution >= 4 is 29.8 Å². The molecule has 5 saturated heterocycles. The molecule has 5 aliphatic rings. The molecule has 5 fully saturated rings. The van der Waals surface area contributed by atoms with Crippen molar-refractivity contribution in [2.75, 3.05) is 68.6 Å². The van der Waals surface area contributed by atoms with E-state index in [-0.39, 0.29) is 67.1 Å². The van der Waals surface area contributed by atoms with Gasteiger partial charge in [-0.05, 0) is 39.0 Å². The molecule has 5 heterocycles. The molecule has 0 bridgehead atoms. The zero-order valence-corrected chi connectivity index (χ0v) is 28.4. The predicted octanol–water partition coefficient (Wildman–Crippen LogP) is 2.57. The molecule has 5 rings (SSSR count). The lowest BCUT2D eigenvalue weighted by atomic mass is 9.90. The lowest BCUT2D eigenvalue weighted by molar-refractivity contribution is -0.161. The first-order valence-corrected chi connectivity index (χ1v) is 15.3. The largest absolute Gasteiger partial charge is 0.464 e. The Labute approximate surface area is 278 Å². The predicted molar refractivity (Wildman–Crippen MR) is 166 cm³/mol. The van der Waals surface area contributed by atoms with Gasteiger partial charge in [-0.2, -0.15) is 0 Å². The Morgan fingerprint density at radius 2 is 1.04 bits per heavy atom. The molecule has 5 aliphatic heterocycles. The van der Waals surface area contributed by atoms with E-state index in [2.05, 4.69) is 4.74 Å². The molecule has 0 aromatic carbocycles. The minimum Gasteiger partial charge on any atom is -0.464 e. The third kappa shape index (κ3) is 14.8. The molecule has 0 N–H and O–H groups in total. The molecule has 0 saturated carbocycles. The van der Waals surface area contributed by atoms with Crippen LogP contribution in [-0.4, -0.2) is 128 Å². The number of rotatable bonds is 5. The van der Waals surface area contributed by atoms with Gasteiger partial charge in [0.25, 0.3) is 0 Å².